The van der Waals surface area contributed by atoms with Gasteiger partial charge in [0.2, 0.25) is 5.88 Å². The Morgan fingerprint density at radius 1 is 1.10 bits per heavy atom. The Morgan fingerprint density at radius 2 is 1.93 bits per heavy atom. The van der Waals surface area contributed by atoms with Gasteiger partial charge in [-0.25, -0.2) is 4.98 Å². The third kappa shape index (κ3) is 3.70. The van der Waals surface area contributed by atoms with Crippen LogP contribution in [-0.4, -0.2) is 38.2 Å². The molecule has 0 bridgehead atoms. The average Bonchev–Trinajstić information content (AvgIpc) is 3.45. The highest BCUT2D eigenvalue weighted by molar-refractivity contribution is 5.94. The molecule has 3 heterocycles. The smallest absolute Gasteiger partial charge is 0.255 e. The van der Waals surface area contributed by atoms with Crippen LogP contribution in [0.4, 0.5) is 0 Å². The van der Waals surface area contributed by atoms with E-state index in [2.05, 4.69) is 28.3 Å². The number of nitrogens with zero attached hydrogens (tertiary/aromatic N) is 4. The molecule has 1 unspecified atom stereocenters. The summed E-state index contributed by atoms with van der Waals surface area (Å²) in [5, 5.41) is 4.33. The van der Waals surface area contributed by atoms with E-state index >= 15 is 0 Å². The van der Waals surface area contributed by atoms with Crippen molar-refractivity contribution in [1.29, 1.82) is 0 Å². The summed E-state index contributed by atoms with van der Waals surface area (Å²) in [4.78, 5) is 19.6. The van der Waals surface area contributed by atoms with Gasteiger partial charge < -0.3 is 9.64 Å². The predicted octanol–water partition coefficient (Wildman–Crippen LogP) is 3.92. The van der Waals surface area contributed by atoms with Gasteiger partial charge in [0.15, 0.2) is 0 Å². The Kier molecular flexibility index (Phi) is 4.99. The molecule has 2 aromatic heterocycles. The SMILES string of the molecule is Cn1cc(C2CN(C(=O)c3ccc(OC4CCCC4)nc3)Cc3ccccc32)cn1. The number of amides is 1. The lowest BCUT2D eigenvalue weighted by Crippen LogP contribution is -2.38. The van der Waals surface area contributed by atoms with Crippen LogP contribution in [0.2, 0.25) is 0 Å². The fraction of sp³-hybridized carbons (Fsp3) is 0.375. The lowest BCUT2D eigenvalue weighted by Gasteiger charge is -2.34. The molecule has 30 heavy (non-hydrogen) atoms. The summed E-state index contributed by atoms with van der Waals surface area (Å²) in [5.74, 6) is 0.722. The van der Waals surface area contributed by atoms with Crippen molar-refractivity contribution in [3.63, 3.8) is 0 Å². The van der Waals surface area contributed by atoms with Crippen LogP contribution in [0.3, 0.4) is 0 Å². The number of pyridine rings is 1. The number of aryl methyl sites for hydroxylation is 1. The average molecular weight is 402 g/mol. The molecule has 1 amide bonds. The van der Waals surface area contributed by atoms with Gasteiger partial charge in [0, 0.05) is 44.5 Å². The maximum Gasteiger partial charge on any atom is 0.255 e. The lowest BCUT2D eigenvalue weighted by atomic mass is 9.86. The number of fused-ring (bicyclic) bond motifs is 1. The highest BCUT2D eigenvalue weighted by Crippen LogP contribution is 2.34. The maximum atomic E-state index is 13.3. The van der Waals surface area contributed by atoms with E-state index in [-0.39, 0.29) is 17.9 Å². The van der Waals surface area contributed by atoms with E-state index in [0.29, 0.717) is 24.5 Å². The van der Waals surface area contributed by atoms with Gasteiger partial charge in [-0.05, 0) is 48.4 Å². The van der Waals surface area contributed by atoms with Gasteiger partial charge in [0.05, 0.1) is 11.8 Å². The predicted molar refractivity (Wildman–Crippen MR) is 113 cm³/mol. The molecule has 154 valence electrons. The number of hydrogen-bond acceptors (Lipinski definition) is 4. The molecule has 1 aromatic carbocycles. The molecule has 0 spiro atoms. The van der Waals surface area contributed by atoms with Crippen LogP contribution in [0.15, 0.2) is 55.0 Å². The van der Waals surface area contributed by atoms with Crippen LogP contribution in [0, 0.1) is 0 Å². The summed E-state index contributed by atoms with van der Waals surface area (Å²) < 4.78 is 7.75. The second kappa shape index (κ2) is 7.94. The molecule has 0 N–H and O–H groups in total. The van der Waals surface area contributed by atoms with E-state index < -0.39 is 0 Å². The minimum Gasteiger partial charge on any atom is -0.474 e. The van der Waals surface area contributed by atoms with Crippen molar-refractivity contribution in [2.45, 2.75) is 44.2 Å². The minimum absolute atomic E-state index is 0.00157. The van der Waals surface area contributed by atoms with Crippen LogP contribution >= 0.6 is 0 Å². The topological polar surface area (TPSA) is 60.2 Å². The zero-order chi connectivity index (χ0) is 20.5. The van der Waals surface area contributed by atoms with Crippen molar-refractivity contribution in [3.05, 3.63) is 77.2 Å². The number of ether oxygens (including phenoxy) is 1. The standard InChI is InChI=1S/C24H26N4O2/c1-27-14-19(13-26-27)22-16-28(15-18-6-2-5-9-21(18)22)24(29)17-10-11-23(25-12-17)30-20-7-3-4-8-20/h2,5-6,9-14,20,22H,3-4,7-8,15-16H2,1H3. The van der Waals surface area contributed by atoms with E-state index in [1.807, 2.05) is 47.2 Å². The fourth-order valence-corrected chi connectivity index (χ4v) is 4.60. The number of carbonyl (C=O) groups is 1. The second-order valence-electron chi connectivity index (χ2n) is 8.29. The zero-order valence-electron chi connectivity index (χ0n) is 17.2. The lowest BCUT2D eigenvalue weighted by molar-refractivity contribution is 0.0724. The number of hydrogen-bond donors (Lipinski definition) is 0. The molecular formula is C24H26N4O2. The van der Waals surface area contributed by atoms with Crippen molar-refractivity contribution >= 4 is 5.91 Å². The molecule has 1 saturated carbocycles. The quantitative estimate of drug-likeness (QED) is 0.664. The first-order chi connectivity index (χ1) is 14.7. The monoisotopic (exact) mass is 402 g/mol. The van der Waals surface area contributed by atoms with Gasteiger partial charge in [-0.1, -0.05) is 24.3 Å². The van der Waals surface area contributed by atoms with Crippen molar-refractivity contribution in [1.82, 2.24) is 19.7 Å². The fourth-order valence-electron chi connectivity index (χ4n) is 4.60. The van der Waals surface area contributed by atoms with Gasteiger partial charge in [-0.2, -0.15) is 5.10 Å². The third-order valence-electron chi connectivity index (χ3n) is 6.18. The van der Waals surface area contributed by atoms with E-state index in [9.17, 15) is 4.79 Å². The second-order valence-corrected chi connectivity index (χ2v) is 8.29. The first kappa shape index (κ1) is 18.9. The first-order valence-corrected chi connectivity index (χ1v) is 10.7. The highest BCUT2D eigenvalue weighted by atomic mass is 16.5. The van der Waals surface area contributed by atoms with Crippen molar-refractivity contribution in [3.8, 4) is 5.88 Å². The maximum absolute atomic E-state index is 13.3. The van der Waals surface area contributed by atoms with Crippen molar-refractivity contribution in [2.75, 3.05) is 6.54 Å². The Labute approximate surface area is 176 Å². The molecule has 1 aliphatic carbocycles. The summed E-state index contributed by atoms with van der Waals surface area (Å²) in [6.07, 6.45) is 10.4. The third-order valence-corrected chi connectivity index (χ3v) is 6.18. The zero-order valence-corrected chi connectivity index (χ0v) is 17.2. The normalized spacial score (nSPS) is 19.0. The Hall–Kier alpha value is -3.15. The number of carbonyl (C=O) groups excluding carboxylic acids is 1. The van der Waals surface area contributed by atoms with Crippen molar-refractivity contribution in [2.24, 2.45) is 7.05 Å². The Bertz CT molecular complexity index is 1040. The van der Waals surface area contributed by atoms with Crippen molar-refractivity contribution < 1.29 is 9.53 Å². The van der Waals surface area contributed by atoms with E-state index in [1.165, 1.54) is 24.0 Å². The molecule has 1 atom stereocenters. The Balaban J connectivity index is 1.36. The molecule has 1 fully saturated rings. The van der Waals surface area contributed by atoms with Gasteiger partial charge >= 0.3 is 0 Å². The summed E-state index contributed by atoms with van der Waals surface area (Å²) in [6, 6.07) is 12.0. The minimum atomic E-state index is -0.00157. The molecule has 0 radical (unpaired) electrons. The number of aromatic nitrogens is 3. The molecule has 0 saturated heterocycles. The molecule has 3 aromatic rings. The van der Waals surface area contributed by atoms with E-state index in [0.717, 1.165) is 18.4 Å². The van der Waals surface area contributed by atoms with Crippen LogP contribution in [0.25, 0.3) is 0 Å². The van der Waals surface area contributed by atoms with E-state index in [1.54, 1.807) is 6.20 Å². The van der Waals surface area contributed by atoms with Gasteiger partial charge in [-0.15, -0.1) is 0 Å². The summed E-state index contributed by atoms with van der Waals surface area (Å²) in [5.41, 5.74) is 4.17. The van der Waals surface area contributed by atoms with Crippen LogP contribution in [0.5, 0.6) is 5.88 Å². The summed E-state index contributed by atoms with van der Waals surface area (Å²) in [7, 11) is 1.92. The molecule has 5 rings (SSSR count). The largest absolute Gasteiger partial charge is 0.474 e. The molecule has 1 aliphatic heterocycles. The molecular weight excluding hydrogens is 376 g/mol. The summed E-state index contributed by atoms with van der Waals surface area (Å²) in [6.45, 7) is 1.23. The van der Waals surface area contributed by atoms with Gasteiger partial charge in [-0.3, -0.25) is 9.48 Å². The Morgan fingerprint density at radius 3 is 2.67 bits per heavy atom. The van der Waals surface area contributed by atoms with Gasteiger partial charge in [0.25, 0.3) is 5.91 Å². The number of benzene rings is 1. The van der Waals surface area contributed by atoms with Gasteiger partial charge in [0.1, 0.15) is 6.10 Å². The highest BCUT2D eigenvalue weighted by Gasteiger charge is 2.30. The van der Waals surface area contributed by atoms with E-state index in [4.69, 9.17) is 4.74 Å². The molecule has 6 heteroatoms. The summed E-state index contributed by atoms with van der Waals surface area (Å²) >= 11 is 0. The van der Waals surface area contributed by atoms with Crippen LogP contribution < -0.4 is 4.74 Å². The van der Waals surface area contributed by atoms with Crippen LogP contribution in [-0.2, 0) is 13.6 Å². The van der Waals surface area contributed by atoms with Crippen LogP contribution in [0.1, 0.15) is 58.6 Å². The molecule has 2 aliphatic rings. The first-order valence-electron chi connectivity index (χ1n) is 10.7. The molecule has 6 nitrogen and oxygen atoms in total. The number of rotatable bonds is 4.